The number of hydrogen-bond acceptors (Lipinski definition) is 3. The van der Waals surface area contributed by atoms with Crippen molar-refractivity contribution in [3.8, 4) is 6.07 Å². The minimum absolute atomic E-state index is 0.00744. The van der Waals surface area contributed by atoms with Gasteiger partial charge in [-0.3, -0.25) is 4.79 Å². The molecule has 4 nitrogen and oxygen atoms in total. The number of nitriles is 1. The second-order valence-electron chi connectivity index (χ2n) is 4.47. The topological polar surface area (TPSA) is 78.9 Å². The lowest BCUT2D eigenvalue weighted by atomic mass is 10.1. The van der Waals surface area contributed by atoms with E-state index in [1.165, 1.54) is 0 Å². The summed E-state index contributed by atoms with van der Waals surface area (Å²) < 4.78 is 0. The molecule has 1 fully saturated rings. The normalized spacial score (nSPS) is 16.0. The van der Waals surface area contributed by atoms with Crippen molar-refractivity contribution >= 4 is 11.6 Å². The quantitative estimate of drug-likeness (QED) is 0.819. The van der Waals surface area contributed by atoms with Gasteiger partial charge in [0.25, 0.3) is 0 Å². The van der Waals surface area contributed by atoms with E-state index in [1.54, 1.807) is 0 Å². The largest absolute Gasteiger partial charge is 0.329 e. The van der Waals surface area contributed by atoms with Crippen LogP contribution >= 0.6 is 0 Å². The highest BCUT2D eigenvalue weighted by Gasteiger charge is 2.48. The maximum Gasteiger partial charge on any atom is 0.231 e. The zero-order valence-electron chi connectivity index (χ0n) is 9.57. The molecule has 1 aliphatic rings. The lowest BCUT2D eigenvalue weighted by molar-refractivity contribution is -0.120. The molecule has 1 aromatic carbocycles. The van der Waals surface area contributed by atoms with Crippen molar-refractivity contribution in [3.63, 3.8) is 0 Å². The molecule has 4 heteroatoms. The van der Waals surface area contributed by atoms with E-state index >= 15 is 0 Å². The van der Waals surface area contributed by atoms with Crippen LogP contribution in [0, 0.1) is 16.7 Å². The van der Waals surface area contributed by atoms with Crippen LogP contribution in [0.2, 0.25) is 0 Å². The van der Waals surface area contributed by atoms with E-state index in [1.807, 2.05) is 24.3 Å². The van der Waals surface area contributed by atoms with Gasteiger partial charge in [-0.25, -0.2) is 0 Å². The zero-order valence-corrected chi connectivity index (χ0v) is 9.57. The molecular formula is C13H15N3O. The van der Waals surface area contributed by atoms with E-state index in [4.69, 9.17) is 11.0 Å². The molecule has 0 spiro atoms. The molecule has 0 unspecified atom stereocenters. The Morgan fingerprint density at radius 2 is 2.06 bits per heavy atom. The molecule has 0 radical (unpaired) electrons. The fourth-order valence-electron chi connectivity index (χ4n) is 1.74. The minimum Gasteiger partial charge on any atom is -0.329 e. The van der Waals surface area contributed by atoms with Gasteiger partial charge in [0.2, 0.25) is 5.91 Å². The second kappa shape index (κ2) is 4.56. The van der Waals surface area contributed by atoms with Gasteiger partial charge < -0.3 is 11.1 Å². The van der Waals surface area contributed by atoms with Gasteiger partial charge in [0.1, 0.15) is 0 Å². The molecule has 0 aliphatic heterocycles. The Hall–Kier alpha value is -1.86. The van der Waals surface area contributed by atoms with Crippen LogP contribution in [0.5, 0.6) is 0 Å². The fraction of sp³-hybridized carbons (Fsp3) is 0.385. The Balaban J connectivity index is 2.00. The van der Waals surface area contributed by atoms with Crippen LogP contribution in [-0.2, 0) is 11.2 Å². The van der Waals surface area contributed by atoms with E-state index < -0.39 is 0 Å². The van der Waals surface area contributed by atoms with Crippen LogP contribution in [0.4, 0.5) is 5.69 Å². The van der Waals surface area contributed by atoms with Gasteiger partial charge in [-0.1, -0.05) is 12.1 Å². The molecule has 1 aliphatic carbocycles. The number of hydrogen-bond donors (Lipinski definition) is 2. The van der Waals surface area contributed by atoms with Crippen LogP contribution in [0.25, 0.3) is 0 Å². The lowest BCUT2D eigenvalue weighted by Crippen LogP contribution is -2.30. The minimum atomic E-state index is -0.328. The summed E-state index contributed by atoms with van der Waals surface area (Å²) in [7, 11) is 0. The maximum absolute atomic E-state index is 11.9. The third-order valence-corrected chi connectivity index (χ3v) is 3.22. The molecule has 17 heavy (non-hydrogen) atoms. The SMILES string of the molecule is N#CCc1ccc(NC(=O)C2(CN)CC2)cc1. The molecule has 0 atom stereocenters. The van der Waals surface area contributed by atoms with Crippen molar-refractivity contribution in [2.45, 2.75) is 19.3 Å². The maximum atomic E-state index is 11.9. The number of amides is 1. The predicted octanol–water partition coefficient (Wildman–Crippen LogP) is 1.43. The van der Waals surface area contributed by atoms with Gasteiger partial charge >= 0.3 is 0 Å². The smallest absolute Gasteiger partial charge is 0.231 e. The number of benzene rings is 1. The highest BCUT2D eigenvalue weighted by molar-refractivity contribution is 5.97. The van der Waals surface area contributed by atoms with E-state index in [0.29, 0.717) is 13.0 Å². The number of nitrogens with two attached hydrogens (primary N) is 1. The monoisotopic (exact) mass is 229 g/mol. The Kier molecular flexibility index (Phi) is 3.12. The van der Waals surface area contributed by atoms with Crippen molar-refractivity contribution in [1.82, 2.24) is 0 Å². The standard InChI is InChI=1S/C13H15N3O/c14-8-5-10-1-3-11(4-2-10)16-12(17)13(9-15)6-7-13/h1-4H,5-7,9,15H2,(H,16,17). The van der Waals surface area contributed by atoms with E-state index in [0.717, 1.165) is 24.1 Å². The Morgan fingerprint density at radius 1 is 1.41 bits per heavy atom. The van der Waals surface area contributed by atoms with Gasteiger partial charge in [0, 0.05) is 12.2 Å². The van der Waals surface area contributed by atoms with E-state index in [9.17, 15) is 4.79 Å². The Morgan fingerprint density at radius 3 is 2.53 bits per heavy atom. The summed E-state index contributed by atoms with van der Waals surface area (Å²) >= 11 is 0. The van der Waals surface area contributed by atoms with Crippen LogP contribution in [0.3, 0.4) is 0 Å². The summed E-state index contributed by atoms with van der Waals surface area (Å²) in [5, 5.41) is 11.4. The van der Waals surface area contributed by atoms with Crippen LogP contribution in [0.1, 0.15) is 18.4 Å². The molecule has 0 bridgehead atoms. The van der Waals surface area contributed by atoms with Gasteiger partial charge in [-0.2, -0.15) is 5.26 Å². The van der Waals surface area contributed by atoms with Crippen LogP contribution in [-0.4, -0.2) is 12.5 Å². The summed E-state index contributed by atoms with van der Waals surface area (Å²) in [4.78, 5) is 11.9. The zero-order chi connectivity index (χ0) is 12.3. The van der Waals surface area contributed by atoms with Crippen molar-refractivity contribution < 1.29 is 4.79 Å². The fourth-order valence-corrected chi connectivity index (χ4v) is 1.74. The number of rotatable bonds is 4. The Bertz CT molecular complexity index is 455. The van der Waals surface area contributed by atoms with Crippen molar-refractivity contribution in [3.05, 3.63) is 29.8 Å². The molecule has 1 saturated carbocycles. The van der Waals surface area contributed by atoms with Gasteiger partial charge in [-0.15, -0.1) is 0 Å². The number of carbonyl (C=O) groups is 1. The van der Waals surface area contributed by atoms with Gasteiger partial charge in [0.05, 0.1) is 17.9 Å². The third-order valence-electron chi connectivity index (χ3n) is 3.22. The first-order chi connectivity index (χ1) is 8.20. The number of nitrogens with zero attached hydrogens (tertiary/aromatic N) is 1. The first-order valence-electron chi connectivity index (χ1n) is 5.68. The molecule has 0 saturated heterocycles. The summed E-state index contributed by atoms with van der Waals surface area (Å²) in [6.45, 7) is 0.408. The number of anilines is 1. The molecule has 0 aromatic heterocycles. The molecule has 88 valence electrons. The third kappa shape index (κ3) is 2.45. The molecule has 1 amide bonds. The lowest BCUT2D eigenvalue weighted by Gasteiger charge is -2.12. The average Bonchev–Trinajstić information content (AvgIpc) is 3.13. The van der Waals surface area contributed by atoms with Gasteiger partial charge in [0.15, 0.2) is 0 Å². The van der Waals surface area contributed by atoms with Crippen molar-refractivity contribution in [2.75, 3.05) is 11.9 Å². The second-order valence-corrected chi connectivity index (χ2v) is 4.47. The van der Waals surface area contributed by atoms with Crippen molar-refractivity contribution in [1.29, 1.82) is 5.26 Å². The molecule has 3 N–H and O–H groups in total. The average molecular weight is 229 g/mol. The van der Waals surface area contributed by atoms with E-state index in [-0.39, 0.29) is 11.3 Å². The predicted molar refractivity (Wildman–Crippen MR) is 65.1 cm³/mol. The molecule has 2 rings (SSSR count). The number of nitrogens with one attached hydrogen (secondary N) is 1. The van der Waals surface area contributed by atoms with Gasteiger partial charge in [-0.05, 0) is 30.5 Å². The summed E-state index contributed by atoms with van der Waals surface area (Å²) in [5.41, 5.74) is 6.97. The molecule has 1 aromatic rings. The summed E-state index contributed by atoms with van der Waals surface area (Å²) in [5.74, 6) is 0.00744. The molecule has 0 heterocycles. The highest BCUT2D eigenvalue weighted by Crippen LogP contribution is 2.45. The van der Waals surface area contributed by atoms with E-state index in [2.05, 4.69) is 11.4 Å². The summed E-state index contributed by atoms with van der Waals surface area (Å²) in [6, 6.07) is 9.41. The summed E-state index contributed by atoms with van der Waals surface area (Å²) in [6.07, 6.45) is 2.14. The number of carbonyl (C=O) groups excluding carboxylic acids is 1. The highest BCUT2D eigenvalue weighted by atomic mass is 16.2. The van der Waals surface area contributed by atoms with Crippen molar-refractivity contribution in [2.24, 2.45) is 11.1 Å². The molecular weight excluding hydrogens is 214 g/mol. The Labute approximate surface area is 100 Å². The first-order valence-corrected chi connectivity index (χ1v) is 5.68. The first kappa shape index (κ1) is 11.6. The van der Waals surface area contributed by atoms with Crippen LogP contribution in [0.15, 0.2) is 24.3 Å². The van der Waals surface area contributed by atoms with Crippen LogP contribution < -0.4 is 11.1 Å².